The molecule has 0 aromatic heterocycles. The Balaban J connectivity index is 2.94. The summed E-state index contributed by atoms with van der Waals surface area (Å²) in [6.07, 6.45) is 1.66. The zero-order valence-electron chi connectivity index (χ0n) is 9.90. The van der Waals surface area contributed by atoms with Gasteiger partial charge in [-0.05, 0) is 37.6 Å². The number of nitrogens with two attached hydrogens (primary N) is 1. The molecule has 0 radical (unpaired) electrons. The monoisotopic (exact) mass is 233 g/mol. The van der Waals surface area contributed by atoms with Gasteiger partial charge in [-0.15, -0.1) is 0 Å². The molecule has 0 fully saturated rings. The second-order valence-electron chi connectivity index (χ2n) is 3.54. The molecule has 0 atom stereocenters. The van der Waals surface area contributed by atoms with Crippen LogP contribution in [0.15, 0.2) is 29.8 Å². The summed E-state index contributed by atoms with van der Waals surface area (Å²) in [5.41, 5.74) is 6.80. The van der Waals surface area contributed by atoms with E-state index in [9.17, 15) is 9.59 Å². The number of rotatable bonds is 4. The molecule has 0 heterocycles. The van der Waals surface area contributed by atoms with Crippen LogP contribution < -0.4 is 5.73 Å². The van der Waals surface area contributed by atoms with Crippen molar-refractivity contribution in [2.75, 3.05) is 6.61 Å². The van der Waals surface area contributed by atoms with Crippen LogP contribution in [0.5, 0.6) is 0 Å². The fourth-order valence-electron chi connectivity index (χ4n) is 1.34. The molecule has 1 rings (SSSR count). The van der Waals surface area contributed by atoms with Crippen LogP contribution in [0.3, 0.4) is 0 Å². The molecule has 1 aromatic carbocycles. The van der Waals surface area contributed by atoms with Crippen molar-refractivity contribution in [1.82, 2.24) is 0 Å². The largest absolute Gasteiger partial charge is 0.463 e. The van der Waals surface area contributed by atoms with Crippen molar-refractivity contribution in [2.24, 2.45) is 5.73 Å². The Morgan fingerprint density at radius 2 is 2.12 bits per heavy atom. The van der Waals surface area contributed by atoms with Crippen molar-refractivity contribution in [3.05, 3.63) is 41.0 Å². The van der Waals surface area contributed by atoms with E-state index in [2.05, 4.69) is 0 Å². The van der Waals surface area contributed by atoms with Gasteiger partial charge in [-0.1, -0.05) is 12.1 Å². The Morgan fingerprint density at radius 1 is 1.41 bits per heavy atom. The van der Waals surface area contributed by atoms with E-state index in [1.807, 2.05) is 0 Å². The maximum atomic E-state index is 11.4. The normalized spacial score (nSPS) is 11.1. The lowest BCUT2D eigenvalue weighted by molar-refractivity contribution is -0.138. The smallest absolute Gasteiger partial charge is 0.333 e. The first kappa shape index (κ1) is 13.0. The topological polar surface area (TPSA) is 69.4 Å². The highest BCUT2D eigenvalue weighted by Gasteiger charge is 2.05. The van der Waals surface area contributed by atoms with Crippen molar-refractivity contribution in [3.8, 4) is 0 Å². The summed E-state index contributed by atoms with van der Waals surface area (Å²) in [4.78, 5) is 22.4. The molecule has 0 aliphatic carbocycles. The number of primary amides is 1. The molecule has 0 bridgehead atoms. The average molecular weight is 233 g/mol. The number of hydrogen-bond acceptors (Lipinski definition) is 3. The van der Waals surface area contributed by atoms with E-state index in [4.69, 9.17) is 10.5 Å². The van der Waals surface area contributed by atoms with Gasteiger partial charge in [-0.3, -0.25) is 4.79 Å². The van der Waals surface area contributed by atoms with Crippen LogP contribution in [-0.4, -0.2) is 18.5 Å². The second-order valence-corrected chi connectivity index (χ2v) is 3.54. The van der Waals surface area contributed by atoms with E-state index < -0.39 is 5.91 Å². The minimum absolute atomic E-state index is 0.339. The van der Waals surface area contributed by atoms with Gasteiger partial charge in [0.2, 0.25) is 5.91 Å². The van der Waals surface area contributed by atoms with Crippen LogP contribution in [0.25, 0.3) is 6.08 Å². The Morgan fingerprint density at radius 3 is 2.71 bits per heavy atom. The van der Waals surface area contributed by atoms with E-state index in [1.54, 1.807) is 44.2 Å². The number of ether oxygens (including phenoxy) is 1. The molecule has 0 aliphatic heterocycles. The van der Waals surface area contributed by atoms with Crippen LogP contribution in [0, 0.1) is 0 Å². The molecular weight excluding hydrogens is 218 g/mol. The van der Waals surface area contributed by atoms with Crippen LogP contribution in [-0.2, 0) is 9.53 Å². The van der Waals surface area contributed by atoms with Crippen molar-refractivity contribution in [2.45, 2.75) is 13.8 Å². The van der Waals surface area contributed by atoms with Gasteiger partial charge >= 0.3 is 5.97 Å². The summed E-state index contributed by atoms with van der Waals surface area (Å²) < 4.78 is 4.85. The van der Waals surface area contributed by atoms with Crippen LogP contribution in [0.2, 0.25) is 0 Å². The van der Waals surface area contributed by atoms with Crippen molar-refractivity contribution >= 4 is 18.0 Å². The number of amides is 1. The molecule has 0 saturated heterocycles. The van der Waals surface area contributed by atoms with Crippen molar-refractivity contribution in [3.63, 3.8) is 0 Å². The third-order valence-corrected chi connectivity index (χ3v) is 2.15. The lowest BCUT2D eigenvalue weighted by Crippen LogP contribution is -2.10. The third-order valence-electron chi connectivity index (χ3n) is 2.15. The van der Waals surface area contributed by atoms with Crippen molar-refractivity contribution in [1.29, 1.82) is 0 Å². The fraction of sp³-hybridized carbons (Fsp3) is 0.231. The highest BCUT2D eigenvalue weighted by Crippen LogP contribution is 2.10. The molecule has 1 amide bonds. The number of esters is 1. The van der Waals surface area contributed by atoms with E-state index in [1.165, 1.54) is 0 Å². The van der Waals surface area contributed by atoms with E-state index >= 15 is 0 Å². The number of benzene rings is 1. The zero-order valence-corrected chi connectivity index (χ0v) is 9.90. The first-order valence-electron chi connectivity index (χ1n) is 5.30. The SMILES string of the molecule is CCOC(=O)C(C)=Cc1cccc(C(N)=O)c1. The molecule has 4 heteroatoms. The van der Waals surface area contributed by atoms with Gasteiger partial charge in [0.1, 0.15) is 0 Å². The first-order chi connectivity index (χ1) is 8.04. The first-order valence-corrected chi connectivity index (χ1v) is 5.30. The van der Waals surface area contributed by atoms with Gasteiger partial charge in [0.05, 0.1) is 6.61 Å². The number of carbonyl (C=O) groups excluding carboxylic acids is 2. The number of hydrogen-bond donors (Lipinski definition) is 1. The molecule has 17 heavy (non-hydrogen) atoms. The minimum Gasteiger partial charge on any atom is -0.463 e. The third kappa shape index (κ3) is 3.75. The molecule has 0 aliphatic rings. The quantitative estimate of drug-likeness (QED) is 0.636. The lowest BCUT2D eigenvalue weighted by atomic mass is 10.1. The molecule has 2 N–H and O–H groups in total. The van der Waals surface area contributed by atoms with Crippen LogP contribution >= 0.6 is 0 Å². The summed E-state index contributed by atoms with van der Waals surface area (Å²) in [6, 6.07) is 6.75. The van der Waals surface area contributed by atoms with Gasteiger partial charge < -0.3 is 10.5 Å². The fourth-order valence-corrected chi connectivity index (χ4v) is 1.34. The van der Waals surface area contributed by atoms with Crippen LogP contribution in [0.1, 0.15) is 29.8 Å². The number of carbonyl (C=O) groups is 2. The van der Waals surface area contributed by atoms with Gasteiger partial charge in [0.25, 0.3) is 0 Å². The Kier molecular flexibility index (Phi) is 4.46. The Labute approximate surface area is 100 Å². The maximum Gasteiger partial charge on any atom is 0.333 e. The van der Waals surface area contributed by atoms with Gasteiger partial charge in [0, 0.05) is 11.1 Å². The summed E-state index contributed by atoms with van der Waals surface area (Å²) in [5, 5.41) is 0. The molecule has 4 nitrogen and oxygen atoms in total. The standard InChI is InChI=1S/C13H15NO3/c1-3-17-13(16)9(2)7-10-5-4-6-11(8-10)12(14)15/h4-8H,3H2,1-2H3,(H2,14,15). The molecule has 90 valence electrons. The van der Waals surface area contributed by atoms with Gasteiger partial charge in [0.15, 0.2) is 0 Å². The second kappa shape index (κ2) is 5.84. The predicted octanol–water partition coefficient (Wildman–Crippen LogP) is 1.75. The van der Waals surface area contributed by atoms with E-state index in [0.29, 0.717) is 17.7 Å². The summed E-state index contributed by atoms with van der Waals surface area (Å²) in [6.45, 7) is 3.75. The average Bonchev–Trinajstić information content (AvgIpc) is 2.29. The summed E-state index contributed by atoms with van der Waals surface area (Å²) in [5.74, 6) is -0.856. The van der Waals surface area contributed by atoms with E-state index in [0.717, 1.165) is 5.56 Å². The highest BCUT2D eigenvalue weighted by molar-refractivity contribution is 5.95. The van der Waals surface area contributed by atoms with Crippen molar-refractivity contribution < 1.29 is 14.3 Å². The maximum absolute atomic E-state index is 11.4. The van der Waals surface area contributed by atoms with Gasteiger partial charge in [-0.25, -0.2) is 4.79 Å². The molecule has 0 spiro atoms. The molecule has 0 unspecified atom stereocenters. The molecular formula is C13H15NO3. The summed E-state index contributed by atoms with van der Waals surface area (Å²) in [7, 11) is 0. The lowest BCUT2D eigenvalue weighted by Gasteiger charge is -2.02. The minimum atomic E-state index is -0.492. The molecule has 1 aromatic rings. The van der Waals surface area contributed by atoms with Gasteiger partial charge in [-0.2, -0.15) is 0 Å². The van der Waals surface area contributed by atoms with E-state index in [-0.39, 0.29) is 5.97 Å². The Bertz CT molecular complexity index is 463. The highest BCUT2D eigenvalue weighted by atomic mass is 16.5. The Hall–Kier alpha value is -2.10. The molecule has 0 saturated carbocycles. The summed E-state index contributed by atoms with van der Waals surface area (Å²) >= 11 is 0. The zero-order chi connectivity index (χ0) is 12.8. The predicted molar refractivity (Wildman–Crippen MR) is 65.2 cm³/mol. The van der Waals surface area contributed by atoms with Crippen LogP contribution in [0.4, 0.5) is 0 Å².